The fourth-order valence-corrected chi connectivity index (χ4v) is 0.949. The van der Waals surface area contributed by atoms with E-state index in [2.05, 4.69) is 9.47 Å². The minimum absolute atomic E-state index is 0.391. The second-order valence-corrected chi connectivity index (χ2v) is 2.32. The van der Waals surface area contributed by atoms with Gasteiger partial charge in [-0.3, -0.25) is 0 Å². The van der Waals surface area contributed by atoms with Crippen LogP contribution in [-0.4, -0.2) is 26.0 Å². The molecule has 0 spiro atoms. The third-order valence-corrected chi connectivity index (χ3v) is 1.55. The van der Waals surface area contributed by atoms with Crippen LogP contribution in [-0.2, 0) is 9.47 Å². The van der Waals surface area contributed by atoms with Gasteiger partial charge in [0.25, 0.3) is 0 Å². The number of esters is 2. The first-order valence-electron chi connectivity index (χ1n) is 6.55. The van der Waals surface area contributed by atoms with Crippen molar-refractivity contribution in [2.45, 2.75) is 0 Å². The maximum absolute atomic E-state index is 11.6. The molecule has 0 fully saturated rings. The zero-order chi connectivity index (χ0) is 15.6. The molecule has 0 atom stereocenters. The second-order valence-electron chi connectivity index (χ2n) is 2.32. The number of carbonyl (C=O) groups is 2. The summed E-state index contributed by atoms with van der Waals surface area (Å²) in [5.74, 6) is -2.55. The summed E-state index contributed by atoms with van der Waals surface area (Å²) < 4.78 is 49.2. The molecule has 0 radical (unpaired) electrons. The molecule has 0 amide bonds. The summed E-state index contributed by atoms with van der Waals surface area (Å²) >= 11 is 0. The molecule has 0 saturated carbocycles. The van der Waals surface area contributed by atoms with Gasteiger partial charge in [0, 0.05) is 0 Å². The molecule has 1 aromatic carbocycles. The van der Waals surface area contributed by atoms with E-state index >= 15 is 0 Å². The maximum atomic E-state index is 11.6. The van der Waals surface area contributed by atoms with Crippen LogP contribution in [0.2, 0.25) is 0 Å². The van der Waals surface area contributed by atoms with Gasteiger partial charge in [-0.05, 0) is 12.1 Å². The third-order valence-electron chi connectivity index (χ3n) is 1.55. The van der Waals surface area contributed by atoms with Crippen molar-refractivity contribution in [3.05, 3.63) is 35.4 Å². The van der Waals surface area contributed by atoms with Crippen molar-refractivity contribution in [2.75, 3.05) is 14.1 Å². The average molecular weight is 200 g/mol. The Bertz CT molecular complexity index is 472. The van der Waals surface area contributed by atoms with E-state index in [0.717, 1.165) is 12.1 Å². The van der Waals surface area contributed by atoms with Crippen molar-refractivity contribution in [3.8, 4) is 0 Å². The number of methoxy groups -OCH3 is 2. The van der Waals surface area contributed by atoms with E-state index in [1.54, 1.807) is 0 Å². The van der Waals surface area contributed by atoms with Gasteiger partial charge in [-0.2, -0.15) is 0 Å². The third kappa shape index (κ3) is 1.90. The summed E-state index contributed by atoms with van der Waals surface area (Å²) in [5, 5.41) is 0. The molecule has 0 aliphatic rings. The lowest BCUT2D eigenvalue weighted by molar-refractivity contribution is 0.0555. The summed E-state index contributed by atoms with van der Waals surface area (Å²) in [4.78, 5) is 23.2. The minimum Gasteiger partial charge on any atom is -0.465 e. The smallest absolute Gasteiger partial charge is 0.338 e. The van der Waals surface area contributed by atoms with Crippen LogP contribution in [0.1, 0.15) is 28.9 Å². The molecule has 4 heteroatoms. The van der Waals surface area contributed by atoms with Crippen molar-refractivity contribution in [1.29, 1.82) is 0 Å². The second kappa shape index (κ2) is 4.41. The van der Waals surface area contributed by atoms with E-state index in [4.69, 9.17) is 8.22 Å². The first-order chi connectivity index (χ1) is 8.99. The fourth-order valence-electron chi connectivity index (χ4n) is 0.949. The average Bonchev–Trinajstić information content (AvgIpc) is 2.24. The SMILES string of the molecule is [2H]C([2H])([2H])OC(=O)c1ccccc1C(=O)OC([2H])([2H])[2H]. The summed E-state index contributed by atoms with van der Waals surface area (Å²) in [6.45, 7) is 0. The number of hydrogen-bond acceptors (Lipinski definition) is 4. The Morgan fingerprint density at radius 2 is 1.50 bits per heavy atom. The van der Waals surface area contributed by atoms with Gasteiger partial charge in [0.1, 0.15) is 0 Å². The normalized spacial score (nSPS) is 17.4. The molecule has 0 N–H and O–H groups in total. The van der Waals surface area contributed by atoms with Crippen LogP contribution < -0.4 is 0 Å². The Balaban J connectivity index is 3.05. The summed E-state index contributed by atoms with van der Waals surface area (Å²) in [6, 6.07) is 4.98. The number of hydrogen-bond donors (Lipinski definition) is 0. The van der Waals surface area contributed by atoms with Crippen molar-refractivity contribution in [1.82, 2.24) is 0 Å². The molecule has 1 aromatic rings. The van der Waals surface area contributed by atoms with E-state index in [1.165, 1.54) is 12.1 Å². The standard InChI is InChI=1S/C10H10O4/c1-13-9(11)7-5-3-4-6-8(7)10(12)14-2/h3-6H,1-2H3/i1D3,2D3. The number of carbonyl (C=O) groups excluding carboxylic acids is 2. The maximum Gasteiger partial charge on any atom is 0.338 e. The summed E-state index contributed by atoms with van der Waals surface area (Å²) in [6.07, 6.45) is 0. The van der Waals surface area contributed by atoms with Gasteiger partial charge >= 0.3 is 11.9 Å². The molecular weight excluding hydrogens is 184 g/mol. The Kier molecular flexibility index (Phi) is 1.45. The molecule has 0 aliphatic heterocycles. The first-order valence-corrected chi connectivity index (χ1v) is 3.55. The van der Waals surface area contributed by atoms with E-state index in [9.17, 15) is 9.59 Å². The molecule has 74 valence electrons. The molecule has 0 aromatic heterocycles. The van der Waals surface area contributed by atoms with E-state index < -0.39 is 37.1 Å². The highest BCUT2D eigenvalue weighted by atomic mass is 16.5. The van der Waals surface area contributed by atoms with Crippen LogP contribution in [0.4, 0.5) is 0 Å². The quantitative estimate of drug-likeness (QED) is 0.674. The lowest BCUT2D eigenvalue weighted by Gasteiger charge is -2.04. The molecular formula is C10H10O4. The Hall–Kier alpha value is -1.84. The molecule has 0 saturated heterocycles. The van der Waals surface area contributed by atoms with Crippen LogP contribution in [0.5, 0.6) is 0 Å². The summed E-state index contributed by atoms with van der Waals surface area (Å²) in [7, 11) is -5.95. The highest BCUT2D eigenvalue weighted by Crippen LogP contribution is 2.10. The van der Waals surface area contributed by atoms with Gasteiger partial charge in [-0.1, -0.05) is 12.1 Å². The zero-order valence-electron chi connectivity index (χ0n) is 12.9. The predicted octanol–water partition coefficient (Wildman–Crippen LogP) is 1.26. The molecule has 14 heavy (non-hydrogen) atoms. The van der Waals surface area contributed by atoms with Gasteiger partial charge in [-0.15, -0.1) is 0 Å². The summed E-state index contributed by atoms with van der Waals surface area (Å²) in [5.41, 5.74) is -0.782. The number of ether oxygens (including phenoxy) is 2. The Morgan fingerprint density at radius 1 is 1.07 bits per heavy atom. The van der Waals surface area contributed by atoms with Crippen LogP contribution >= 0.6 is 0 Å². The van der Waals surface area contributed by atoms with Crippen molar-refractivity contribution in [3.63, 3.8) is 0 Å². The molecule has 1 rings (SSSR count). The van der Waals surface area contributed by atoms with E-state index in [0.29, 0.717) is 0 Å². The minimum atomic E-state index is -2.97. The molecule has 0 bridgehead atoms. The van der Waals surface area contributed by atoms with Crippen molar-refractivity contribution < 1.29 is 27.3 Å². The Labute approximate surface area is 89.9 Å². The van der Waals surface area contributed by atoms with Crippen LogP contribution in [0.25, 0.3) is 0 Å². The van der Waals surface area contributed by atoms with Gasteiger partial charge in [0.2, 0.25) is 0 Å². The first kappa shape index (κ1) is 4.59. The molecule has 4 nitrogen and oxygen atoms in total. The van der Waals surface area contributed by atoms with Crippen LogP contribution in [0, 0.1) is 0 Å². The lowest BCUT2D eigenvalue weighted by atomic mass is 10.1. The number of rotatable bonds is 2. The largest absolute Gasteiger partial charge is 0.465 e. The topological polar surface area (TPSA) is 52.6 Å². The Morgan fingerprint density at radius 3 is 1.86 bits per heavy atom. The molecule has 0 aliphatic carbocycles. The molecule has 0 unspecified atom stereocenters. The van der Waals surface area contributed by atoms with E-state index in [-0.39, 0.29) is 0 Å². The van der Waals surface area contributed by atoms with Crippen molar-refractivity contribution >= 4 is 11.9 Å². The monoisotopic (exact) mass is 200 g/mol. The van der Waals surface area contributed by atoms with Crippen molar-refractivity contribution in [2.24, 2.45) is 0 Å². The van der Waals surface area contributed by atoms with Gasteiger partial charge in [0.15, 0.2) is 0 Å². The van der Waals surface area contributed by atoms with Gasteiger partial charge in [-0.25, -0.2) is 9.59 Å². The zero-order valence-corrected chi connectivity index (χ0v) is 6.94. The number of benzene rings is 1. The predicted molar refractivity (Wildman–Crippen MR) is 49.1 cm³/mol. The lowest BCUT2D eigenvalue weighted by Crippen LogP contribution is -2.11. The van der Waals surface area contributed by atoms with Crippen LogP contribution in [0.3, 0.4) is 0 Å². The van der Waals surface area contributed by atoms with Gasteiger partial charge < -0.3 is 9.47 Å². The highest BCUT2D eigenvalue weighted by molar-refractivity contribution is 6.02. The van der Waals surface area contributed by atoms with Crippen LogP contribution in [0.15, 0.2) is 24.3 Å². The molecule has 0 heterocycles. The van der Waals surface area contributed by atoms with Gasteiger partial charge in [0.05, 0.1) is 33.4 Å². The highest BCUT2D eigenvalue weighted by Gasteiger charge is 2.16. The van der Waals surface area contributed by atoms with E-state index in [1.807, 2.05) is 0 Å². The fraction of sp³-hybridized carbons (Fsp3) is 0.200.